The number of amides is 1. The lowest BCUT2D eigenvalue weighted by atomic mass is 9.97. The largest absolute Gasteiger partial charge is 0.494 e. The summed E-state index contributed by atoms with van der Waals surface area (Å²) in [5, 5.41) is 10.5. The third-order valence-corrected chi connectivity index (χ3v) is 7.46. The summed E-state index contributed by atoms with van der Waals surface area (Å²) in [6.07, 6.45) is 0.827. The normalized spacial score (nSPS) is 15.3. The van der Waals surface area contributed by atoms with E-state index in [1.807, 2.05) is 13.8 Å². The molecule has 1 aliphatic rings. The van der Waals surface area contributed by atoms with Crippen LogP contribution in [0, 0.1) is 12.8 Å². The van der Waals surface area contributed by atoms with Crippen molar-refractivity contribution in [2.45, 2.75) is 31.6 Å². The number of hydrogen-bond donors (Lipinski definition) is 1. The molecule has 0 unspecified atom stereocenters. The summed E-state index contributed by atoms with van der Waals surface area (Å²) >= 11 is 0. The first-order valence-electron chi connectivity index (χ1n) is 10.8. The summed E-state index contributed by atoms with van der Waals surface area (Å²) in [4.78, 5) is 12.9. The maximum atomic E-state index is 12.8. The first-order chi connectivity index (χ1) is 15.9. The first kappa shape index (κ1) is 22.9. The lowest BCUT2D eigenvalue weighted by Gasteiger charge is -2.30. The highest BCUT2D eigenvalue weighted by Gasteiger charge is 2.32. The number of carbonyl (C=O) groups excluding carboxylic acids is 1. The van der Waals surface area contributed by atoms with Crippen molar-refractivity contribution in [3.63, 3.8) is 0 Å². The molecule has 2 aromatic carbocycles. The van der Waals surface area contributed by atoms with Crippen LogP contribution in [-0.4, -0.2) is 48.5 Å². The maximum Gasteiger partial charge on any atom is 0.322 e. The van der Waals surface area contributed by atoms with Crippen molar-refractivity contribution in [2.75, 3.05) is 25.0 Å². The predicted molar refractivity (Wildman–Crippen MR) is 122 cm³/mol. The Bertz CT molecular complexity index is 1200. The fraction of sp³-hybridized carbons (Fsp3) is 0.348. The molecule has 0 bridgehead atoms. The van der Waals surface area contributed by atoms with E-state index in [9.17, 15) is 13.2 Å². The second-order valence-electron chi connectivity index (χ2n) is 7.85. The molecule has 1 aliphatic heterocycles. The lowest BCUT2D eigenvalue weighted by molar-refractivity contribution is -0.121. The van der Waals surface area contributed by atoms with Crippen LogP contribution in [0.5, 0.6) is 5.75 Å². The van der Waals surface area contributed by atoms with Crippen molar-refractivity contribution < 1.29 is 22.4 Å². The SMILES string of the molecule is CCOc1ccc(-c2nnc(NC(=O)C3CCN(S(=O)(=O)c4ccc(C)cc4)CC3)o2)cc1. The van der Waals surface area contributed by atoms with Gasteiger partial charge in [0.15, 0.2) is 0 Å². The number of aryl methyl sites for hydroxylation is 1. The average Bonchev–Trinajstić information content (AvgIpc) is 3.28. The molecule has 33 heavy (non-hydrogen) atoms. The number of sulfonamides is 1. The van der Waals surface area contributed by atoms with Gasteiger partial charge < -0.3 is 9.15 Å². The molecular weight excluding hydrogens is 444 g/mol. The summed E-state index contributed by atoms with van der Waals surface area (Å²) in [5.74, 6) is 0.428. The minimum Gasteiger partial charge on any atom is -0.494 e. The van der Waals surface area contributed by atoms with Crippen molar-refractivity contribution >= 4 is 21.9 Å². The molecule has 0 spiro atoms. The zero-order valence-electron chi connectivity index (χ0n) is 18.5. The number of nitrogens with zero attached hydrogens (tertiary/aromatic N) is 3. The predicted octanol–water partition coefficient (Wildman–Crippen LogP) is 3.48. The van der Waals surface area contributed by atoms with E-state index in [-0.39, 0.29) is 41.7 Å². The number of piperidine rings is 1. The maximum absolute atomic E-state index is 12.8. The van der Waals surface area contributed by atoms with Crippen LogP contribution in [0.2, 0.25) is 0 Å². The Kier molecular flexibility index (Phi) is 6.75. The Morgan fingerprint density at radius 3 is 2.39 bits per heavy atom. The van der Waals surface area contributed by atoms with Gasteiger partial charge in [-0.2, -0.15) is 4.31 Å². The summed E-state index contributed by atoms with van der Waals surface area (Å²) in [6.45, 7) is 4.94. The monoisotopic (exact) mass is 470 g/mol. The van der Waals surface area contributed by atoms with Gasteiger partial charge in [0.05, 0.1) is 11.5 Å². The molecule has 2 heterocycles. The molecule has 1 fully saturated rings. The van der Waals surface area contributed by atoms with Crippen molar-refractivity contribution in [1.82, 2.24) is 14.5 Å². The van der Waals surface area contributed by atoms with E-state index >= 15 is 0 Å². The molecule has 10 heteroatoms. The topological polar surface area (TPSA) is 115 Å². The molecule has 0 saturated carbocycles. The lowest BCUT2D eigenvalue weighted by Crippen LogP contribution is -2.41. The Morgan fingerprint density at radius 2 is 1.76 bits per heavy atom. The molecule has 1 saturated heterocycles. The molecular formula is C23H26N4O5S. The molecule has 1 N–H and O–H groups in total. The number of rotatable bonds is 7. The smallest absolute Gasteiger partial charge is 0.322 e. The van der Waals surface area contributed by atoms with Gasteiger partial charge in [0.2, 0.25) is 21.8 Å². The molecule has 3 aromatic rings. The van der Waals surface area contributed by atoms with Gasteiger partial charge in [0.1, 0.15) is 5.75 Å². The Balaban J connectivity index is 1.34. The highest BCUT2D eigenvalue weighted by atomic mass is 32.2. The second kappa shape index (κ2) is 9.72. The van der Waals surface area contributed by atoms with E-state index in [0.717, 1.165) is 11.3 Å². The molecule has 1 amide bonds. The third-order valence-electron chi connectivity index (χ3n) is 5.55. The zero-order chi connectivity index (χ0) is 23.4. The number of anilines is 1. The van der Waals surface area contributed by atoms with Crippen LogP contribution in [0.15, 0.2) is 57.8 Å². The van der Waals surface area contributed by atoms with E-state index in [1.165, 1.54) is 4.31 Å². The minimum atomic E-state index is -3.57. The van der Waals surface area contributed by atoms with Crippen molar-refractivity contribution in [3.8, 4) is 17.2 Å². The van der Waals surface area contributed by atoms with Gasteiger partial charge in [0.25, 0.3) is 0 Å². The van der Waals surface area contributed by atoms with Crippen LogP contribution in [0.1, 0.15) is 25.3 Å². The molecule has 9 nitrogen and oxygen atoms in total. The third kappa shape index (κ3) is 5.23. The number of nitrogens with one attached hydrogen (secondary N) is 1. The van der Waals surface area contributed by atoms with Crippen LogP contribution in [-0.2, 0) is 14.8 Å². The van der Waals surface area contributed by atoms with Crippen molar-refractivity contribution in [1.29, 1.82) is 0 Å². The van der Waals surface area contributed by atoms with Gasteiger partial charge in [-0.1, -0.05) is 22.8 Å². The number of aromatic nitrogens is 2. The fourth-order valence-electron chi connectivity index (χ4n) is 3.68. The quantitative estimate of drug-likeness (QED) is 0.562. The molecule has 1 aromatic heterocycles. The van der Waals surface area contributed by atoms with E-state index in [4.69, 9.17) is 9.15 Å². The molecule has 0 aliphatic carbocycles. The Hall–Kier alpha value is -3.24. The van der Waals surface area contributed by atoms with Crippen LogP contribution < -0.4 is 10.1 Å². The highest BCUT2D eigenvalue weighted by Crippen LogP contribution is 2.26. The molecule has 0 radical (unpaired) electrons. The molecule has 4 rings (SSSR count). The van der Waals surface area contributed by atoms with E-state index in [2.05, 4.69) is 15.5 Å². The first-order valence-corrected chi connectivity index (χ1v) is 12.2. The van der Waals surface area contributed by atoms with E-state index in [0.29, 0.717) is 25.0 Å². The van der Waals surface area contributed by atoms with Gasteiger partial charge in [-0.25, -0.2) is 8.42 Å². The highest BCUT2D eigenvalue weighted by molar-refractivity contribution is 7.89. The van der Waals surface area contributed by atoms with Gasteiger partial charge in [0, 0.05) is 24.6 Å². The standard InChI is InChI=1S/C23H26N4O5S/c1-3-31-19-8-6-18(7-9-19)22-25-26-23(32-22)24-21(28)17-12-14-27(15-13-17)33(29,30)20-10-4-16(2)5-11-20/h4-11,17H,3,12-15H2,1-2H3,(H,24,26,28). The van der Waals surface area contributed by atoms with Crippen LogP contribution in [0.25, 0.3) is 11.5 Å². The number of ether oxygens (including phenoxy) is 1. The van der Waals surface area contributed by atoms with E-state index in [1.54, 1.807) is 48.5 Å². The molecule has 174 valence electrons. The van der Waals surface area contributed by atoms with E-state index < -0.39 is 10.0 Å². The van der Waals surface area contributed by atoms with Gasteiger partial charge in [-0.3, -0.25) is 10.1 Å². The van der Waals surface area contributed by atoms with Crippen LogP contribution in [0.4, 0.5) is 6.01 Å². The van der Waals surface area contributed by atoms with Crippen LogP contribution >= 0.6 is 0 Å². The summed E-state index contributed by atoms with van der Waals surface area (Å²) in [5.41, 5.74) is 1.71. The number of benzene rings is 2. The zero-order valence-corrected chi connectivity index (χ0v) is 19.3. The van der Waals surface area contributed by atoms with Gasteiger partial charge in [-0.05, 0) is 63.1 Å². The molecule has 0 atom stereocenters. The summed E-state index contributed by atoms with van der Waals surface area (Å²) in [7, 11) is -3.57. The average molecular weight is 471 g/mol. The Morgan fingerprint density at radius 1 is 1.09 bits per heavy atom. The van der Waals surface area contributed by atoms with Crippen molar-refractivity contribution in [2.24, 2.45) is 5.92 Å². The Labute approximate surface area is 192 Å². The number of hydrogen-bond acceptors (Lipinski definition) is 7. The second-order valence-corrected chi connectivity index (χ2v) is 9.79. The summed E-state index contributed by atoms with van der Waals surface area (Å²) in [6, 6.07) is 14.0. The van der Waals surface area contributed by atoms with Gasteiger partial charge in [-0.15, -0.1) is 5.10 Å². The summed E-state index contributed by atoms with van der Waals surface area (Å²) < 4.78 is 38.1. The fourth-order valence-corrected chi connectivity index (χ4v) is 5.15. The van der Waals surface area contributed by atoms with Crippen LogP contribution in [0.3, 0.4) is 0 Å². The number of carbonyl (C=O) groups is 1. The minimum absolute atomic E-state index is 0.0126. The van der Waals surface area contributed by atoms with Crippen molar-refractivity contribution in [3.05, 3.63) is 54.1 Å². The van der Waals surface area contributed by atoms with Gasteiger partial charge >= 0.3 is 6.01 Å².